The van der Waals surface area contributed by atoms with Crippen LogP contribution < -0.4 is 0 Å². The minimum absolute atomic E-state index is 0.514. The zero-order valence-electron chi connectivity index (χ0n) is 2.87. The van der Waals surface area contributed by atoms with Crippen molar-refractivity contribution in [3.8, 4) is 0 Å². The Hall–Kier alpha value is -0.400. The number of rotatable bonds is 0. The van der Waals surface area contributed by atoms with Crippen molar-refractivity contribution < 1.29 is 9.56 Å². The van der Waals surface area contributed by atoms with Gasteiger partial charge in [-0.15, -0.1) is 4.67 Å². The van der Waals surface area contributed by atoms with Gasteiger partial charge < -0.3 is 4.89 Å². The highest BCUT2D eigenvalue weighted by Gasteiger charge is 1.79. The van der Waals surface area contributed by atoms with Gasteiger partial charge in [0.25, 0.3) is 0 Å². The first kappa shape index (κ1) is 3.78. The largest absolute Gasteiger partial charge is 0.334 e. The van der Waals surface area contributed by atoms with Gasteiger partial charge >= 0.3 is 0 Å². The van der Waals surface area contributed by atoms with Gasteiger partial charge in [-0.2, -0.15) is 0 Å². The molecule has 0 amide bonds. The molecule has 0 bridgehead atoms. The molecule has 0 aliphatic carbocycles. The van der Waals surface area contributed by atoms with Gasteiger partial charge in [-0.05, 0) is 0 Å². The van der Waals surface area contributed by atoms with Gasteiger partial charge in [0.1, 0.15) is 6.26 Å². The highest BCUT2D eigenvalue weighted by molar-refractivity contribution is 7.20. The van der Waals surface area contributed by atoms with Crippen LogP contribution in [-0.4, -0.2) is 0 Å². The molecule has 32 valence electrons. The quantitative estimate of drug-likeness (QED) is 0.343. The lowest BCUT2D eigenvalue weighted by Crippen LogP contribution is -1.71. The van der Waals surface area contributed by atoms with Gasteiger partial charge in [0, 0.05) is 0 Å². The average molecular weight is 103 g/mol. The molecule has 0 atom stereocenters. The van der Waals surface area contributed by atoms with E-state index in [0.717, 1.165) is 0 Å². The molecule has 1 aliphatic rings. The van der Waals surface area contributed by atoms with E-state index in [0.29, 0.717) is 8.60 Å². The SMILES string of the molecule is C1=COOP=N1. The monoisotopic (exact) mass is 103 g/mol. The molecule has 6 heavy (non-hydrogen) atoms. The summed E-state index contributed by atoms with van der Waals surface area (Å²) in [6.45, 7) is 0. The van der Waals surface area contributed by atoms with E-state index in [2.05, 4.69) is 14.3 Å². The van der Waals surface area contributed by atoms with E-state index in [1.807, 2.05) is 0 Å². The fraction of sp³-hybridized carbons (Fsp3) is 0. The summed E-state index contributed by atoms with van der Waals surface area (Å²) < 4.78 is 7.91. The topological polar surface area (TPSA) is 30.8 Å². The van der Waals surface area contributed by atoms with Crippen LogP contribution in [0.4, 0.5) is 0 Å². The molecule has 0 aromatic carbocycles. The van der Waals surface area contributed by atoms with Gasteiger partial charge in [0.15, 0.2) is 0 Å². The molecule has 0 radical (unpaired) electrons. The van der Waals surface area contributed by atoms with E-state index in [-0.39, 0.29) is 0 Å². The summed E-state index contributed by atoms with van der Waals surface area (Å²) in [7, 11) is 0.514. The van der Waals surface area contributed by atoms with Crippen molar-refractivity contribution >= 4 is 8.60 Å². The van der Waals surface area contributed by atoms with E-state index >= 15 is 0 Å². The van der Waals surface area contributed by atoms with Crippen LogP contribution in [-0.2, 0) is 9.56 Å². The van der Waals surface area contributed by atoms with E-state index in [9.17, 15) is 0 Å². The predicted octanol–water partition coefficient (Wildman–Crippen LogP) is 1.46. The summed E-state index contributed by atoms with van der Waals surface area (Å²) >= 11 is 0. The number of hydrogen-bond donors (Lipinski definition) is 0. The summed E-state index contributed by atoms with van der Waals surface area (Å²) in [6, 6.07) is 0. The molecular formula is C2H2NO2P. The smallest absolute Gasteiger partial charge is 0.230 e. The molecule has 0 N–H and O–H groups in total. The minimum Gasteiger partial charge on any atom is -0.334 e. The molecule has 0 unspecified atom stereocenters. The molecule has 3 nitrogen and oxygen atoms in total. The number of hydrogen-bond acceptors (Lipinski definition) is 3. The predicted molar refractivity (Wildman–Crippen MR) is 20.7 cm³/mol. The Morgan fingerprint density at radius 2 is 2.67 bits per heavy atom. The van der Waals surface area contributed by atoms with E-state index in [1.54, 1.807) is 0 Å². The van der Waals surface area contributed by atoms with Crippen LogP contribution in [0.15, 0.2) is 17.2 Å². The zero-order chi connectivity index (χ0) is 4.24. The lowest BCUT2D eigenvalue weighted by atomic mass is 11.0. The summed E-state index contributed by atoms with van der Waals surface area (Å²) in [5.74, 6) is 0. The second-order valence-electron chi connectivity index (χ2n) is 0.653. The molecule has 0 saturated heterocycles. The fourth-order valence-corrected chi connectivity index (χ4v) is 0.378. The van der Waals surface area contributed by atoms with Crippen LogP contribution in [0.25, 0.3) is 0 Å². The molecule has 1 heterocycles. The summed E-state index contributed by atoms with van der Waals surface area (Å²) in [5, 5.41) is 0. The fourth-order valence-electron chi connectivity index (χ4n) is 0.143. The van der Waals surface area contributed by atoms with Gasteiger partial charge in [0.2, 0.25) is 8.60 Å². The Balaban J connectivity index is 2.46. The first-order valence-corrected chi connectivity index (χ1v) is 2.14. The zero-order valence-corrected chi connectivity index (χ0v) is 3.76. The average Bonchev–Trinajstić information content (AvgIpc) is 1.72. The van der Waals surface area contributed by atoms with Crippen molar-refractivity contribution in [2.75, 3.05) is 0 Å². The second-order valence-corrected chi connectivity index (χ2v) is 1.20. The standard InChI is InChI=1S/C2H2NO2P/c1-2-4-5-6-3-1/h1-2H. The second kappa shape index (κ2) is 1.90. The lowest BCUT2D eigenvalue weighted by Gasteiger charge is -1.90. The molecule has 0 fully saturated rings. The highest BCUT2D eigenvalue weighted by Crippen LogP contribution is 2.07. The van der Waals surface area contributed by atoms with Crippen molar-refractivity contribution in [1.82, 2.24) is 0 Å². The van der Waals surface area contributed by atoms with E-state index < -0.39 is 0 Å². The van der Waals surface area contributed by atoms with E-state index in [4.69, 9.17) is 0 Å². The first-order valence-electron chi connectivity index (χ1n) is 1.38. The van der Waals surface area contributed by atoms with Crippen LogP contribution in [0.2, 0.25) is 0 Å². The summed E-state index contributed by atoms with van der Waals surface area (Å²) in [5.41, 5.74) is 0. The highest BCUT2D eigenvalue weighted by atomic mass is 31.1. The van der Waals surface area contributed by atoms with Gasteiger partial charge in [-0.1, -0.05) is 0 Å². The van der Waals surface area contributed by atoms with Crippen LogP contribution in [0.3, 0.4) is 0 Å². The Kier molecular flexibility index (Phi) is 1.20. The van der Waals surface area contributed by atoms with Gasteiger partial charge in [-0.25, -0.2) is 4.74 Å². The van der Waals surface area contributed by atoms with Crippen LogP contribution >= 0.6 is 8.60 Å². The van der Waals surface area contributed by atoms with Crippen molar-refractivity contribution in [2.45, 2.75) is 0 Å². The summed E-state index contributed by atoms with van der Waals surface area (Å²) in [6.07, 6.45) is 2.90. The normalized spacial score (nSPS) is 20.0. The Morgan fingerprint density at radius 3 is 2.83 bits per heavy atom. The van der Waals surface area contributed by atoms with Gasteiger partial charge in [0.05, 0.1) is 6.20 Å². The molecular weight excluding hydrogens is 101 g/mol. The molecule has 1 rings (SSSR count). The maximum Gasteiger partial charge on any atom is 0.230 e. The van der Waals surface area contributed by atoms with Gasteiger partial charge in [-0.3, -0.25) is 0 Å². The third-order valence-electron chi connectivity index (χ3n) is 0.307. The van der Waals surface area contributed by atoms with Crippen molar-refractivity contribution in [3.05, 3.63) is 12.5 Å². The van der Waals surface area contributed by atoms with Crippen molar-refractivity contribution in [3.63, 3.8) is 0 Å². The molecule has 1 aliphatic heterocycles. The van der Waals surface area contributed by atoms with E-state index in [1.165, 1.54) is 12.5 Å². The lowest BCUT2D eigenvalue weighted by molar-refractivity contribution is -0.136. The number of nitrogens with zero attached hydrogens (tertiary/aromatic N) is 1. The maximum atomic E-state index is 4.29. The van der Waals surface area contributed by atoms with Crippen LogP contribution in [0.1, 0.15) is 0 Å². The van der Waals surface area contributed by atoms with Crippen LogP contribution in [0, 0.1) is 0 Å². The Morgan fingerprint density at radius 1 is 1.67 bits per heavy atom. The minimum atomic E-state index is 0.514. The molecule has 0 aromatic rings. The molecule has 0 aromatic heterocycles. The molecule has 0 saturated carbocycles. The van der Waals surface area contributed by atoms with Crippen molar-refractivity contribution in [1.29, 1.82) is 0 Å². The van der Waals surface area contributed by atoms with Crippen molar-refractivity contribution in [2.24, 2.45) is 4.74 Å². The molecule has 4 heteroatoms. The third-order valence-corrected chi connectivity index (χ3v) is 0.687. The third kappa shape index (κ3) is 0.776. The first-order chi connectivity index (χ1) is 3.00. The Bertz CT molecular complexity index is 77.5. The Labute approximate surface area is 36.5 Å². The van der Waals surface area contributed by atoms with Crippen LogP contribution in [0.5, 0.6) is 0 Å². The molecule has 0 spiro atoms. The maximum absolute atomic E-state index is 4.29. The summed E-state index contributed by atoms with van der Waals surface area (Å²) in [4.78, 5) is 4.28.